The van der Waals surface area contributed by atoms with Gasteiger partial charge in [-0.1, -0.05) is 143 Å². The molecule has 2 unspecified atom stereocenters. The normalized spacial score (nSPS) is 13.2. The minimum Gasteiger partial charge on any atom is -0.461 e. The zero-order valence-corrected chi connectivity index (χ0v) is 42.6. The first-order valence-electron chi connectivity index (χ1n) is 25.4. The molecule has 0 aliphatic heterocycles. The van der Waals surface area contributed by atoms with Crippen molar-refractivity contribution in [3.63, 3.8) is 0 Å². The first-order valence-corrected chi connectivity index (χ1v) is 28.9. The van der Waals surface area contributed by atoms with Crippen molar-refractivity contribution in [2.24, 2.45) is 0 Å². The molecule has 60 heavy (non-hydrogen) atoms. The highest BCUT2D eigenvalue weighted by Crippen LogP contribution is 2.21. The summed E-state index contributed by atoms with van der Waals surface area (Å²) in [6.45, 7) is 11.2. The van der Waals surface area contributed by atoms with Crippen molar-refractivity contribution < 1.29 is 28.9 Å². The van der Waals surface area contributed by atoms with E-state index >= 15 is 0 Å². The SMILES string of the molecule is CCCCCCCCSCC(CCCCCC)OC(=O)CCCCC(CCCCC(=O)OC(CCCCCC)CSCCCCCCCC)N(C)CCSCCOCCO. The number of thioether (sulfide) groups is 3. The predicted molar refractivity (Wildman–Crippen MR) is 267 cm³/mol. The molecule has 2 atom stereocenters. The number of unbranched alkanes of at least 4 members (excludes halogenated alkanes) is 18. The van der Waals surface area contributed by atoms with Crippen LogP contribution in [0.1, 0.15) is 220 Å². The number of carbonyl (C=O) groups excluding carboxylic acids is 2. The lowest BCUT2D eigenvalue weighted by atomic mass is 10.0. The largest absolute Gasteiger partial charge is 0.461 e. The summed E-state index contributed by atoms with van der Waals surface area (Å²) in [5.41, 5.74) is 0. The van der Waals surface area contributed by atoms with Crippen LogP contribution in [0.2, 0.25) is 0 Å². The molecule has 0 saturated heterocycles. The second-order valence-electron chi connectivity index (χ2n) is 17.2. The third-order valence-electron chi connectivity index (χ3n) is 11.4. The van der Waals surface area contributed by atoms with Crippen LogP contribution in [0.15, 0.2) is 0 Å². The molecule has 10 heteroatoms. The average Bonchev–Trinajstić information content (AvgIpc) is 3.24. The number of carbonyl (C=O) groups is 2. The van der Waals surface area contributed by atoms with E-state index in [2.05, 4.69) is 39.6 Å². The van der Waals surface area contributed by atoms with E-state index in [1.165, 1.54) is 127 Å². The molecule has 0 bridgehead atoms. The van der Waals surface area contributed by atoms with Crippen molar-refractivity contribution >= 4 is 47.2 Å². The number of ether oxygens (including phenoxy) is 3. The quantitative estimate of drug-likeness (QED) is 0.0470. The van der Waals surface area contributed by atoms with Crippen LogP contribution >= 0.6 is 35.3 Å². The number of esters is 2. The first-order chi connectivity index (χ1) is 29.4. The Kier molecular flexibility index (Phi) is 48.2. The summed E-state index contributed by atoms with van der Waals surface area (Å²) >= 11 is 5.84. The van der Waals surface area contributed by atoms with Crippen molar-refractivity contribution in [2.75, 3.05) is 67.9 Å². The van der Waals surface area contributed by atoms with Gasteiger partial charge in [-0.2, -0.15) is 35.3 Å². The number of aliphatic hydroxyl groups is 1. The van der Waals surface area contributed by atoms with Gasteiger partial charge in [-0.15, -0.1) is 0 Å². The van der Waals surface area contributed by atoms with Crippen LogP contribution in [-0.4, -0.2) is 108 Å². The van der Waals surface area contributed by atoms with Gasteiger partial charge in [0.05, 0.1) is 19.8 Å². The number of rotatable bonds is 49. The summed E-state index contributed by atoms with van der Waals surface area (Å²) < 4.78 is 17.7. The second-order valence-corrected chi connectivity index (χ2v) is 20.7. The van der Waals surface area contributed by atoms with Crippen molar-refractivity contribution in [1.29, 1.82) is 0 Å². The molecule has 0 aliphatic rings. The zero-order chi connectivity index (χ0) is 44.0. The molecule has 0 fully saturated rings. The summed E-state index contributed by atoms with van der Waals surface area (Å²) in [6, 6.07) is 0.414. The van der Waals surface area contributed by atoms with Gasteiger partial charge < -0.3 is 24.2 Å². The van der Waals surface area contributed by atoms with Gasteiger partial charge in [0.15, 0.2) is 0 Å². The molecule has 1 N–H and O–H groups in total. The van der Waals surface area contributed by atoms with Crippen molar-refractivity contribution in [1.82, 2.24) is 4.90 Å². The van der Waals surface area contributed by atoms with Gasteiger partial charge in [-0.25, -0.2) is 0 Å². The fourth-order valence-corrected chi connectivity index (χ4v) is 10.5. The van der Waals surface area contributed by atoms with Gasteiger partial charge in [0, 0.05) is 48.4 Å². The van der Waals surface area contributed by atoms with Crippen LogP contribution in [0.4, 0.5) is 0 Å². The van der Waals surface area contributed by atoms with Crippen LogP contribution in [0.25, 0.3) is 0 Å². The molecule has 0 radical (unpaired) electrons. The monoisotopic (exact) mass is 906 g/mol. The molecule has 0 amide bonds. The Bertz CT molecular complexity index is 844. The third-order valence-corrected chi connectivity index (χ3v) is 14.7. The minimum atomic E-state index is -0.0247. The molecule has 7 nitrogen and oxygen atoms in total. The second kappa shape index (κ2) is 48.3. The van der Waals surface area contributed by atoms with Gasteiger partial charge in [-0.05, 0) is 82.8 Å². The van der Waals surface area contributed by atoms with Gasteiger partial charge in [0.25, 0.3) is 0 Å². The van der Waals surface area contributed by atoms with E-state index in [1.807, 2.05) is 35.3 Å². The van der Waals surface area contributed by atoms with Gasteiger partial charge in [0.2, 0.25) is 0 Å². The van der Waals surface area contributed by atoms with Crippen LogP contribution < -0.4 is 0 Å². The molecule has 0 spiro atoms. The number of nitrogens with zero attached hydrogens (tertiary/aromatic N) is 1. The predicted octanol–water partition coefficient (Wildman–Crippen LogP) is 14.1. The van der Waals surface area contributed by atoms with Crippen molar-refractivity contribution in [3.05, 3.63) is 0 Å². The molecule has 0 rings (SSSR count). The molecule has 0 aromatic heterocycles. The topological polar surface area (TPSA) is 85.3 Å². The third kappa shape index (κ3) is 41.9. The lowest BCUT2D eigenvalue weighted by molar-refractivity contribution is -0.149. The van der Waals surface area contributed by atoms with E-state index in [1.54, 1.807) is 0 Å². The Labute approximate surface area is 385 Å². The van der Waals surface area contributed by atoms with Crippen LogP contribution in [0.5, 0.6) is 0 Å². The van der Waals surface area contributed by atoms with E-state index in [0.717, 1.165) is 93.8 Å². The van der Waals surface area contributed by atoms with Crippen LogP contribution in [-0.2, 0) is 23.8 Å². The van der Waals surface area contributed by atoms with Gasteiger partial charge >= 0.3 is 11.9 Å². The molecule has 358 valence electrons. The van der Waals surface area contributed by atoms with Gasteiger partial charge in [-0.3, -0.25) is 9.59 Å². The van der Waals surface area contributed by atoms with Crippen LogP contribution in [0.3, 0.4) is 0 Å². The maximum atomic E-state index is 13.1. The molecule has 0 saturated carbocycles. The zero-order valence-electron chi connectivity index (χ0n) is 40.2. The maximum Gasteiger partial charge on any atom is 0.306 e. The van der Waals surface area contributed by atoms with E-state index in [-0.39, 0.29) is 30.8 Å². The highest BCUT2D eigenvalue weighted by Gasteiger charge is 2.19. The Balaban J connectivity index is 4.97. The number of hydrogen-bond donors (Lipinski definition) is 1. The van der Waals surface area contributed by atoms with E-state index < -0.39 is 0 Å². The fraction of sp³-hybridized carbons (Fsp3) is 0.960. The average molecular weight is 907 g/mol. The first kappa shape index (κ1) is 59.9. The summed E-state index contributed by atoms with van der Waals surface area (Å²) in [5, 5.41) is 8.97. The summed E-state index contributed by atoms with van der Waals surface area (Å²) in [6.07, 6.45) is 34.3. The molecular formula is C50H99NO6S3. The van der Waals surface area contributed by atoms with Crippen molar-refractivity contribution in [2.45, 2.75) is 239 Å². The van der Waals surface area contributed by atoms with E-state index in [9.17, 15) is 9.59 Å². The smallest absolute Gasteiger partial charge is 0.306 e. The molecule has 0 aliphatic carbocycles. The number of hydrogen-bond acceptors (Lipinski definition) is 10. The van der Waals surface area contributed by atoms with Gasteiger partial charge in [0.1, 0.15) is 12.2 Å². The summed E-state index contributed by atoms with van der Waals surface area (Å²) in [7, 11) is 2.23. The molecule has 0 aromatic rings. The molecule has 0 aromatic carbocycles. The van der Waals surface area contributed by atoms with E-state index in [4.69, 9.17) is 19.3 Å². The molecule has 0 heterocycles. The Morgan fingerprint density at radius 3 is 1.35 bits per heavy atom. The lowest BCUT2D eigenvalue weighted by Crippen LogP contribution is -2.33. The minimum absolute atomic E-state index is 0.0247. The Hall–Kier alpha value is -0.130. The maximum absolute atomic E-state index is 13.1. The Morgan fingerprint density at radius 2 is 0.900 bits per heavy atom. The van der Waals surface area contributed by atoms with Crippen molar-refractivity contribution in [3.8, 4) is 0 Å². The highest BCUT2D eigenvalue weighted by molar-refractivity contribution is 7.99. The van der Waals surface area contributed by atoms with E-state index in [0.29, 0.717) is 32.1 Å². The standard InChI is InChI=1S/C50H99NO6S3/c1-6-10-14-18-20-28-40-59-44-47(32-22-16-12-8-3)56-49(53)34-26-24-30-46(51(5)36-42-58-43-39-55-38-37-52)31-25-27-35-50(54)57-48(33-23-17-13-9-4)45-60-41-29-21-19-15-11-7-2/h46-48,52H,6-45H2,1-5H3. The summed E-state index contributed by atoms with van der Waals surface area (Å²) in [4.78, 5) is 28.6. The number of aliphatic hydroxyl groups excluding tert-OH is 1. The Morgan fingerprint density at radius 1 is 0.483 bits per heavy atom. The highest BCUT2D eigenvalue weighted by atomic mass is 32.2. The summed E-state index contributed by atoms with van der Waals surface area (Å²) in [5.74, 6) is 6.09. The van der Waals surface area contributed by atoms with Crippen LogP contribution in [0, 0.1) is 0 Å². The fourth-order valence-electron chi connectivity index (χ4n) is 7.50. The lowest BCUT2D eigenvalue weighted by Gasteiger charge is -2.28. The molecular weight excluding hydrogens is 807 g/mol.